The summed E-state index contributed by atoms with van der Waals surface area (Å²) >= 11 is 0. The third-order valence-electron chi connectivity index (χ3n) is 1.79. The zero-order chi connectivity index (χ0) is 10.1. The lowest BCUT2D eigenvalue weighted by molar-refractivity contribution is -0.144. The normalized spacial score (nSPS) is 12.5. The molecule has 78 valence electrons. The second-order valence-electron chi connectivity index (χ2n) is 3.20. The summed E-state index contributed by atoms with van der Waals surface area (Å²) in [6, 6.07) is 0. The maximum Gasteiger partial charge on any atom is 0.305 e. The minimum atomic E-state index is -0.320. The zero-order valence-corrected chi connectivity index (χ0v) is 8.58. The highest BCUT2D eigenvalue weighted by Crippen LogP contribution is 2.02. The molecule has 0 radical (unpaired) electrons. The lowest BCUT2D eigenvalue weighted by atomic mass is 10.1. The van der Waals surface area contributed by atoms with Gasteiger partial charge in [-0.25, -0.2) is 0 Å². The highest BCUT2D eigenvalue weighted by atomic mass is 16.5. The molecule has 0 fully saturated rings. The van der Waals surface area contributed by atoms with Gasteiger partial charge in [-0.05, 0) is 12.8 Å². The van der Waals surface area contributed by atoms with Gasteiger partial charge in [0.15, 0.2) is 0 Å². The molecule has 0 rings (SSSR count). The van der Waals surface area contributed by atoms with E-state index in [4.69, 9.17) is 4.74 Å². The van der Waals surface area contributed by atoms with E-state index < -0.39 is 0 Å². The summed E-state index contributed by atoms with van der Waals surface area (Å²) in [5, 5.41) is 9.30. The van der Waals surface area contributed by atoms with Crippen molar-refractivity contribution in [3.05, 3.63) is 0 Å². The Morgan fingerprint density at radius 2 is 2.00 bits per heavy atom. The SMILES string of the molecule is CCCC(=O)OCCC(O)CCC. The first-order valence-corrected chi connectivity index (χ1v) is 5.04. The minimum Gasteiger partial charge on any atom is -0.466 e. The van der Waals surface area contributed by atoms with E-state index in [0.29, 0.717) is 19.4 Å². The van der Waals surface area contributed by atoms with Crippen LogP contribution in [0, 0.1) is 0 Å². The molecule has 13 heavy (non-hydrogen) atoms. The highest BCUT2D eigenvalue weighted by molar-refractivity contribution is 5.69. The smallest absolute Gasteiger partial charge is 0.305 e. The summed E-state index contributed by atoms with van der Waals surface area (Å²) in [5.41, 5.74) is 0. The van der Waals surface area contributed by atoms with Crippen LogP contribution in [-0.2, 0) is 9.53 Å². The summed E-state index contributed by atoms with van der Waals surface area (Å²) in [4.78, 5) is 10.9. The van der Waals surface area contributed by atoms with E-state index >= 15 is 0 Å². The quantitative estimate of drug-likeness (QED) is 0.620. The number of rotatable bonds is 7. The number of carbonyl (C=O) groups excluding carboxylic acids is 1. The van der Waals surface area contributed by atoms with Crippen molar-refractivity contribution in [2.45, 2.75) is 52.1 Å². The largest absolute Gasteiger partial charge is 0.466 e. The highest BCUT2D eigenvalue weighted by Gasteiger charge is 2.04. The molecule has 1 unspecified atom stereocenters. The van der Waals surface area contributed by atoms with E-state index in [0.717, 1.165) is 19.3 Å². The molecular formula is C10H20O3. The van der Waals surface area contributed by atoms with Crippen LogP contribution >= 0.6 is 0 Å². The van der Waals surface area contributed by atoms with Gasteiger partial charge in [-0.15, -0.1) is 0 Å². The monoisotopic (exact) mass is 188 g/mol. The number of hydrogen-bond acceptors (Lipinski definition) is 3. The van der Waals surface area contributed by atoms with Gasteiger partial charge in [0.25, 0.3) is 0 Å². The van der Waals surface area contributed by atoms with Crippen LogP contribution in [0.15, 0.2) is 0 Å². The number of hydrogen-bond donors (Lipinski definition) is 1. The molecule has 0 saturated carbocycles. The number of ether oxygens (including phenoxy) is 1. The van der Waals surface area contributed by atoms with Gasteiger partial charge < -0.3 is 9.84 Å². The zero-order valence-electron chi connectivity index (χ0n) is 8.58. The van der Waals surface area contributed by atoms with Crippen LogP contribution in [0.5, 0.6) is 0 Å². The fraction of sp³-hybridized carbons (Fsp3) is 0.900. The molecule has 0 spiro atoms. The van der Waals surface area contributed by atoms with Crippen LogP contribution in [0.4, 0.5) is 0 Å². The van der Waals surface area contributed by atoms with Crippen molar-refractivity contribution >= 4 is 5.97 Å². The molecule has 0 aromatic heterocycles. The molecular weight excluding hydrogens is 168 g/mol. The minimum absolute atomic E-state index is 0.161. The van der Waals surface area contributed by atoms with Crippen molar-refractivity contribution < 1.29 is 14.6 Å². The van der Waals surface area contributed by atoms with Gasteiger partial charge >= 0.3 is 5.97 Å². The van der Waals surface area contributed by atoms with Crippen LogP contribution in [0.3, 0.4) is 0 Å². The first-order chi connectivity index (χ1) is 6.20. The Bertz CT molecular complexity index is 134. The molecule has 1 atom stereocenters. The summed E-state index contributed by atoms with van der Waals surface area (Å²) in [6.07, 6.45) is 3.28. The lowest BCUT2D eigenvalue weighted by Crippen LogP contribution is -2.12. The topological polar surface area (TPSA) is 46.5 Å². The third-order valence-corrected chi connectivity index (χ3v) is 1.79. The number of esters is 1. The molecule has 0 amide bonds. The van der Waals surface area contributed by atoms with Gasteiger partial charge in [-0.1, -0.05) is 20.3 Å². The van der Waals surface area contributed by atoms with E-state index in [1.54, 1.807) is 0 Å². The Morgan fingerprint density at radius 1 is 1.31 bits per heavy atom. The first-order valence-electron chi connectivity index (χ1n) is 5.04. The first kappa shape index (κ1) is 12.4. The van der Waals surface area contributed by atoms with Crippen molar-refractivity contribution in [3.8, 4) is 0 Å². The average Bonchev–Trinajstić information content (AvgIpc) is 2.05. The van der Waals surface area contributed by atoms with Crippen LogP contribution in [0.25, 0.3) is 0 Å². The van der Waals surface area contributed by atoms with E-state index in [2.05, 4.69) is 0 Å². The number of carbonyl (C=O) groups is 1. The van der Waals surface area contributed by atoms with Gasteiger partial charge in [0.1, 0.15) is 0 Å². The van der Waals surface area contributed by atoms with E-state index in [1.165, 1.54) is 0 Å². The van der Waals surface area contributed by atoms with Crippen molar-refractivity contribution in [1.82, 2.24) is 0 Å². The van der Waals surface area contributed by atoms with Gasteiger partial charge in [-0.3, -0.25) is 4.79 Å². The molecule has 1 N–H and O–H groups in total. The predicted octanol–water partition coefficient (Wildman–Crippen LogP) is 1.88. The Balaban J connectivity index is 3.28. The fourth-order valence-corrected chi connectivity index (χ4v) is 1.06. The molecule has 3 nitrogen and oxygen atoms in total. The Kier molecular flexibility index (Phi) is 7.69. The predicted molar refractivity (Wildman–Crippen MR) is 51.4 cm³/mol. The molecule has 0 bridgehead atoms. The molecule has 0 aliphatic carbocycles. The van der Waals surface area contributed by atoms with Crippen molar-refractivity contribution in [1.29, 1.82) is 0 Å². The second-order valence-corrected chi connectivity index (χ2v) is 3.20. The third kappa shape index (κ3) is 7.78. The molecule has 0 saturated heterocycles. The van der Waals surface area contributed by atoms with Crippen molar-refractivity contribution in [3.63, 3.8) is 0 Å². The molecule has 0 aromatic carbocycles. The van der Waals surface area contributed by atoms with Gasteiger partial charge in [-0.2, -0.15) is 0 Å². The van der Waals surface area contributed by atoms with E-state index in [-0.39, 0.29) is 12.1 Å². The summed E-state index contributed by atoms with van der Waals surface area (Å²) in [7, 11) is 0. The van der Waals surface area contributed by atoms with Crippen molar-refractivity contribution in [2.24, 2.45) is 0 Å². The number of aliphatic hydroxyl groups is 1. The fourth-order valence-electron chi connectivity index (χ4n) is 1.06. The molecule has 0 heterocycles. The molecule has 3 heteroatoms. The molecule has 0 aromatic rings. The maximum atomic E-state index is 10.9. The van der Waals surface area contributed by atoms with Crippen LogP contribution in [0.2, 0.25) is 0 Å². The van der Waals surface area contributed by atoms with Crippen LogP contribution in [0.1, 0.15) is 46.0 Å². The Morgan fingerprint density at radius 3 is 2.54 bits per heavy atom. The summed E-state index contributed by atoms with van der Waals surface area (Å²) in [5.74, 6) is -0.161. The van der Waals surface area contributed by atoms with E-state index in [1.807, 2.05) is 13.8 Å². The van der Waals surface area contributed by atoms with Crippen molar-refractivity contribution in [2.75, 3.05) is 6.61 Å². The van der Waals surface area contributed by atoms with Gasteiger partial charge in [0.05, 0.1) is 12.7 Å². The van der Waals surface area contributed by atoms with Crippen LogP contribution in [-0.4, -0.2) is 23.8 Å². The Labute approximate surface area is 80.1 Å². The summed E-state index contributed by atoms with van der Waals surface area (Å²) in [6.45, 7) is 4.31. The maximum absolute atomic E-state index is 10.9. The Hall–Kier alpha value is -0.570. The summed E-state index contributed by atoms with van der Waals surface area (Å²) < 4.78 is 4.90. The van der Waals surface area contributed by atoms with Crippen LogP contribution < -0.4 is 0 Å². The standard InChI is InChI=1S/C10H20O3/c1-3-5-9(11)7-8-13-10(12)6-4-2/h9,11H,3-8H2,1-2H3. The second kappa shape index (κ2) is 8.05. The molecule has 0 aliphatic rings. The van der Waals surface area contributed by atoms with Gasteiger partial charge in [0.2, 0.25) is 0 Å². The molecule has 0 aliphatic heterocycles. The van der Waals surface area contributed by atoms with E-state index in [9.17, 15) is 9.90 Å². The lowest BCUT2D eigenvalue weighted by Gasteiger charge is -2.08. The van der Waals surface area contributed by atoms with Gasteiger partial charge in [0, 0.05) is 12.8 Å². The number of aliphatic hydroxyl groups excluding tert-OH is 1. The average molecular weight is 188 g/mol.